The van der Waals surface area contributed by atoms with Gasteiger partial charge in [0.1, 0.15) is 0 Å². The first-order valence-corrected chi connectivity index (χ1v) is 7.26. The van der Waals surface area contributed by atoms with Gasteiger partial charge in [0.05, 0.1) is 13.0 Å². The highest BCUT2D eigenvalue weighted by atomic mass is 79.9. The Morgan fingerprint density at radius 3 is 2.38 bits per heavy atom. The number of carboxylic acid groups (broad SMARTS) is 1. The molecule has 2 N–H and O–H groups in total. The summed E-state index contributed by atoms with van der Waals surface area (Å²) in [5.74, 6) is -1.60. The van der Waals surface area contributed by atoms with Gasteiger partial charge in [-0.2, -0.15) is 0 Å². The fourth-order valence-corrected chi connectivity index (χ4v) is 1.93. The molecule has 0 aromatic heterocycles. The Hall–Kier alpha value is -1.89. The molecule has 0 bridgehead atoms. The fraction of sp³-hybridized carbons (Fsp3) is 0.357. The van der Waals surface area contributed by atoms with Gasteiger partial charge < -0.3 is 15.3 Å². The number of hydrogen-bond donors (Lipinski definition) is 2. The molecule has 114 valence electrons. The number of carboxylic acids is 1. The number of rotatable bonds is 7. The van der Waals surface area contributed by atoms with Crippen LogP contribution >= 0.6 is 15.9 Å². The van der Waals surface area contributed by atoms with Crippen LogP contribution in [0.25, 0.3) is 0 Å². The highest BCUT2D eigenvalue weighted by molar-refractivity contribution is 9.10. The summed E-state index contributed by atoms with van der Waals surface area (Å²) >= 11 is 3.27. The maximum Gasteiger partial charge on any atom is 0.305 e. The van der Waals surface area contributed by atoms with Crippen molar-refractivity contribution in [3.8, 4) is 0 Å². The Morgan fingerprint density at radius 1 is 1.24 bits per heavy atom. The van der Waals surface area contributed by atoms with Crippen LogP contribution in [0.15, 0.2) is 28.7 Å². The number of nitrogens with zero attached hydrogens (tertiary/aromatic N) is 1. The van der Waals surface area contributed by atoms with Crippen LogP contribution in [0.4, 0.5) is 0 Å². The number of carbonyl (C=O) groups is 3. The van der Waals surface area contributed by atoms with Crippen LogP contribution in [0.5, 0.6) is 0 Å². The van der Waals surface area contributed by atoms with Crippen molar-refractivity contribution in [2.24, 2.45) is 0 Å². The third-order valence-corrected chi connectivity index (χ3v) is 3.37. The second-order valence-corrected chi connectivity index (χ2v) is 5.22. The highest BCUT2D eigenvalue weighted by Crippen LogP contribution is 2.10. The van der Waals surface area contributed by atoms with Crippen molar-refractivity contribution in [2.75, 3.05) is 19.6 Å². The number of hydrogen-bond acceptors (Lipinski definition) is 3. The van der Waals surface area contributed by atoms with E-state index in [1.165, 1.54) is 4.90 Å². The summed E-state index contributed by atoms with van der Waals surface area (Å²) in [5.41, 5.74) is 0.458. The Morgan fingerprint density at radius 2 is 1.86 bits per heavy atom. The minimum Gasteiger partial charge on any atom is -0.481 e. The normalized spacial score (nSPS) is 10.0. The summed E-state index contributed by atoms with van der Waals surface area (Å²) in [5, 5.41) is 11.1. The summed E-state index contributed by atoms with van der Waals surface area (Å²) in [7, 11) is 0. The average Bonchev–Trinajstić information content (AvgIpc) is 2.45. The van der Waals surface area contributed by atoms with Crippen molar-refractivity contribution in [3.63, 3.8) is 0 Å². The number of amides is 2. The zero-order chi connectivity index (χ0) is 15.8. The molecule has 0 aliphatic heterocycles. The molecule has 2 amide bonds. The average molecular weight is 357 g/mol. The van der Waals surface area contributed by atoms with Gasteiger partial charge in [0.15, 0.2) is 0 Å². The zero-order valence-electron chi connectivity index (χ0n) is 11.6. The summed E-state index contributed by atoms with van der Waals surface area (Å²) in [6.45, 7) is 2.15. The second-order valence-electron chi connectivity index (χ2n) is 4.31. The molecule has 0 spiro atoms. The number of benzene rings is 1. The Bertz CT molecular complexity index is 516. The molecule has 1 aromatic carbocycles. The Kier molecular flexibility index (Phi) is 6.87. The smallest absolute Gasteiger partial charge is 0.305 e. The van der Waals surface area contributed by atoms with E-state index in [9.17, 15) is 14.4 Å². The maximum atomic E-state index is 11.9. The van der Waals surface area contributed by atoms with Crippen molar-refractivity contribution in [2.45, 2.75) is 13.3 Å². The van der Waals surface area contributed by atoms with E-state index >= 15 is 0 Å². The van der Waals surface area contributed by atoms with Gasteiger partial charge in [0.2, 0.25) is 5.91 Å². The third kappa shape index (κ3) is 5.95. The molecule has 21 heavy (non-hydrogen) atoms. The van der Waals surface area contributed by atoms with E-state index in [4.69, 9.17) is 5.11 Å². The summed E-state index contributed by atoms with van der Waals surface area (Å²) in [6, 6.07) is 6.77. The van der Waals surface area contributed by atoms with Gasteiger partial charge in [-0.05, 0) is 31.2 Å². The molecule has 7 heteroatoms. The van der Waals surface area contributed by atoms with Gasteiger partial charge in [-0.3, -0.25) is 14.4 Å². The Labute approximate surface area is 131 Å². The van der Waals surface area contributed by atoms with Gasteiger partial charge in [0, 0.05) is 23.1 Å². The molecule has 0 saturated heterocycles. The molecule has 0 heterocycles. The number of likely N-dealkylation sites (N-methyl/N-ethyl adjacent to an activating group) is 1. The molecule has 0 atom stereocenters. The van der Waals surface area contributed by atoms with Gasteiger partial charge >= 0.3 is 5.97 Å². The molecule has 0 radical (unpaired) electrons. The lowest BCUT2D eigenvalue weighted by Gasteiger charge is -2.20. The monoisotopic (exact) mass is 356 g/mol. The molecule has 0 saturated carbocycles. The first kappa shape index (κ1) is 17.2. The van der Waals surface area contributed by atoms with Crippen molar-refractivity contribution in [1.82, 2.24) is 10.2 Å². The number of nitrogens with one attached hydrogen (secondary N) is 1. The standard InChI is InChI=1S/C14H17BrN2O4/c1-2-17(8-7-13(19)20)12(18)9-16-14(21)10-3-5-11(15)6-4-10/h3-6H,2,7-9H2,1H3,(H,16,21)(H,19,20). The van der Waals surface area contributed by atoms with Crippen LogP contribution in [-0.2, 0) is 9.59 Å². The highest BCUT2D eigenvalue weighted by Gasteiger charge is 2.14. The van der Waals surface area contributed by atoms with Crippen LogP contribution in [-0.4, -0.2) is 47.4 Å². The summed E-state index contributed by atoms with van der Waals surface area (Å²) in [6.07, 6.45) is -0.111. The predicted molar refractivity (Wildman–Crippen MR) is 81.0 cm³/mol. The van der Waals surface area contributed by atoms with Crippen LogP contribution in [0.3, 0.4) is 0 Å². The van der Waals surface area contributed by atoms with E-state index in [1.54, 1.807) is 31.2 Å². The fourth-order valence-electron chi connectivity index (χ4n) is 1.66. The second kappa shape index (κ2) is 8.41. The topological polar surface area (TPSA) is 86.7 Å². The molecular weight excluding hydrogens is 340 g/mol. The minimum atomic E-state index is -0.958. The van der Waals surface area contributed by atoms with Crippen molar-refractivity contribution < 1.29 is 19.5 Å². The van der Waals surface area contributed by atoms with Gasteiger partial charge in [-0.25, -0.2) is 0 Å². The van der Waals surface area contributed by atoms with E-state index in [-0.39, 0.29) is 31.3 Å². The third-order valence-electron chi connectivity index (χ3n) is 2.84. The van der Waals surface area contributed by atoms with Gasteiger partial charge in [-0.15, -0.1) is 0 Å². The molecular formula is C14H17BrN2O4. The first-order chi connectivity index (χ1) is 9.93. The van der Waals surface area contributed by atoms with Crippen molar-refractivity contribution in [3.05, 3.63) is 34.3 Å². The lowest BCUT2D eigenvalue weighted by molar-refractivity contribution is -0.138. The first-order valence-electron chi connectivity index (χ1n) is 6.47. The number of aliphatic carboxylic acids is 1. The SMILES string of the molecule is CCN(CCC(=O)O)C(=O)CNC(=O)c1ccc(Br)cc1. The molecule has 0 fully saturated rings. The zero-order valence-corrected chi connectivity index (χ0v) is 13.2. The van der Waals surface area contributed by atoms with Gasteiger partial charge in [-0.1, -0.05) is 15.9 Å². The van der Waals surface area contributed by atoms with E-state index in [0.717, 1.165) is 4.47 Å². The summed E-state index contributed by atoms with van der Waals surface area (Å²) in [4.78, 5) is 35.6. The largest absolute Gasteiger partial charge is 0.481 e. The van der Waals surface area contributed by atoms with Crippen molar-refractivity contribution in [1.29, 1.82) is 0 Å². The van der Waals surface area contributed by atoms with E-state index in [1.807, 2.05) is 0 Å². The summed E-state index contributed by atoms with van der Waals surface area (Å²) < 4.78 is 0.862. The molecule has 1 rings (SSSR count). The van der Waals surface area contributed by atoms with Crippen LogP contribution < -0.4 is 5.32 Å². The van der Waals surface area contributed by atoms with E-state index in [2.05, 4.69) is 21.2 Å². The van der Waals surface area contributed by atoms with Crippen LogP contribution in [0.2, 0.25) is 0 Å². The van der Waals surface area contributed by atoms with Crippen LogP contribution in [0, 0.1) is 0 Å². The number of carbonyl (C=O) groups excluding carboxylic acids is 2. The minimum absolute atomic E-state index is 0.111. The maximum absolute atomic E-state index is 11.9. The quantitative estimate of drug-likeness (QED) is 0.774. The number of halogens is 1. The van der Waals surface area contributed by atoms with Crippen molar-refractivity contribution >= 4 is 33.7 Å². The van der Waals surface area contributed by atoms with E-state index < -0.39 is 5.97 Å². The predicted octanol–water partition coefficient (Wildman–Crippen LogP) is 1.50. The van der Waals surface area contributed by atoms with E-state index in [0.29, 0.717) is 12.1 Å². The van der Waals surface area contributed by atoms with Gasteiger partial charge in [0.25, 0.3) is 5.91 Å². The van der Waals surface area contributed by atoms with Crippen LogP contribution in [0.1, 0.15) is 23.7 Å². The molecule has 0 unspecified atom stereocenters. The Balaban J connectivity index is 2.48. The lowest BCUT2D eigenvalue weighted by Crippen LogP contribution is -2.41. The molecule has 0 aliphatic rings. The molecule has 1 aromatic rings. The molecule has 6 nitrogen and oxygen atoms in total. The lowest BCUT2D eigenvalue weighted by atomic mass is 10.2. The molecule has 0 aliphatic carbocycles.